The molecule has 0 saturated heterocycles. The van der Waals surface area contributed by atoms with E-state index in [2.05, 4.69) is 0 Å². The summed E-state index contributed by atoms with van der Waals surface area (Å²) >= 11 is 2.29. The van der Waals surface area contributed by atoms with Crippen molar-refractivity contribution in [2.75, 3.05) is 0 Å². The fourth-order valence-corrected chi connectivity index (χ4v) is 6.67. The third-order valence-corrected chi connectivity index (χ3v) is 8.44. The van der Waals surface area contributed by atoms with Crippen LogP contribution in [0.5, 0.6) is 0 Å². The molecule has 184 valence electrons. The molecule has 0 amide bonds. The van der Waals surface area contributed by atoms with Gasteiger partial charge in [0.05, 0.1) is 0 Å². The lowest BCUT2D eigenvalue weighted by Gasteiger charge is -2.33. The van der Waals surface area contributed by atoms with E-state index in [1.54, 1.807) is 74.5 Å². The highest BCUT2D eigenvalue weighted by Gasteiger charge is 2.82. The predicted octanol–water partition coefficient (Wildman–Crippen LogP) is 8.34. The normalized spacial score (nSPS) is 26.9. The van der Waals surface area contributed by atoms with E-state index in [0.29, 0.717) is 20.9 Å². The first kappa shape index (κ1) is 24.2. The van der Waals surface area contributed by atoms with E-state index in [0.717, 1.165) is 33.3 Å². The van der Waals surface area contributed by atoms with Gasteiger partial charge in [-0.25, -0.2) is 0 Å². The fraction of sp³-hybridized carbons (Fsp3) is 0.280. The van der Waals surface area contributed by atoms with Crippen LogP contribution >= 0.6 is 23.5 Å². The Kier molecular flexibility index (Phi) is 5.75. The minimum atomic E-state index is -5.61. The van der Waals surface area contributed by atoms with Crippen LogP contribution in [0.15, 0.2) is 94.3 Å². The number of thioether (sulfide) groups is 2. The maximum absolute atomic E-state index is 15.5. The summed E-state index contributed by atoms with van der Waals surface area (Å²) < 4.78 is 91.7. The maximum atomic E-state index is 15.5. The Balaban J connectivity index is 1.74. The third kappa shape index (κ3) is 3.59. The van der Waals surface area contributed by atoms with Gasteiger partial charge in [-0.15, -0.1) is 0 Å². The summed E-state index contributed by atoms with van der Waals surface area (Å²) in [6.45, 7) is 3.26. The van der Waals surface area contributed by atoms with Crippen LogP contribution in [0.25, 0.3) is 0 Å². The van der Waals surface area contributed by atoms with Crippen molar-refractivity contribution >= 4 is 23.5 Å². The van der Waals surface area contributed by atoms with Gasteiger partial charge < -0.3 is 9.80 Å². The zero-order valence-electron chi connectivity index (χ0n) is 18.6. The van der Waals surface area contributed by atoms with Crippen molar-refractivity contribution < 1.29 is 26.3 Å². The van der Waals surface area contributed by atoms with Gasteiger partial charge >= 0.3 is 17.8 Å². The van der Waals surface area contributed by atoms with Crippen molar-refractivity contribution in [3.05, 3.63) is 105 Å². The lowest BCUT2D eigenvalue weighted by molar-refractivity contribution is -0.270. The molecule has 2 unspecified atom stereocenters. The van der Waals surface area contributed by atoms with Crippen molar-refractivity contribution in [1.82, 2.24) is 9.80 Å². The smallest absolute Gasteiger partial charge is 0.327 e. The number of nitrogens with zero attached hydrogens (tertiary/aromatic N) is 2. The molecule has 2 nitrogen and oxygen atoms in total. The molecule has 0 bridgehead atoms. The van der Waals surface area contributed by atoms with E-state index in [1.807, 2.05) is 0 Å². The first-order chi connectivity index (χ1) is 16.5. The first-order valence-electron chi connectivity index (χ1n) is 10.7. The third-order valence-electron chi connectivity index (χ3n) is 6.04. The molecule has 0 spiro atoms. The molecule has 0 N–H and O–H groups in total. The van der Waals surface area contributed by atoms with Gasteiger partial charge in [0.25, 0.3) is 0 Å². The Morgan fingerprint density at radius 1 is 0.600 bits per heavy atom. The number of allylic oxidation sites excluding steroid dienone is 4. The highest BCUT2D eigenvalue weighted by molar-refractivity contribution is 8.03. The quantitative estimate of drug-likeness (QED) is 0.369. The number of benzene rings is 2. The Labute approximate surface area is 207 Å². The number of halogens is 6. The summed E-state index contributed by atoms with van der Waals surface area (Å²) in [5.41, 5.74) is -1.68. The molecule has 3 aliphatic rings. The number of rotatable bonds is 4. The maximum Gasteiger partial charge on any atom is 0.383 e. The average molecular weight is 527 g/mol. The van der Waals surface area contributed by atoms with Crippen molar-refractivity contribution in [2.24, 2.45) is 0 Å². The van der Waals surface area contributed by atoms with Crippen molar-refractivity contribution in [1.29, 1.82) is 0 Å². The molecular formula is C25H20F6N2S2. The van der Waals surface area contributed by atoms with Crippen LogP contribution in [-0.4, -0.2) is 27.6 Å². The van der Waals surface area contributed by atoms with Gasteiger partial charge in [-0.05, 0) is 25.0 Å². The van der Waals surface area contributed by atoms with Crippen LogP contribution in [0.4, 0.5) is 26.3 Å². The summed E-state index contributed by atoms with van der Waals surface area (Å²) in [5, 5.41) is -1.79. The predicted molar refractivity (Wildman–Crippen MR) is 127 cm³/mol. The minimum absolute atomic E-state index is 0.536. The zero-order chi connectivity index (χ0) is 25.2. The Bertz CT molecular complexity index is 1130. The molecular weight excluding hydrogens is 506 g/mol. The number of alkyl halides is 6. The van der Waals surface area contributed by atoms with Crippen molar-refractivity contribution in [3.8, 4) is 0 Å². The molecule has 0 aromatic heterocycles. The lowest BCUT2D eigenvalue weighted by Crippen LogP contribution is -2.51. The second-order valence-electron chi connectivity index (χ2n) is 8.48. The molecule has 1 aliphatic carbocycles. The fourth-order valence-electron chi connectivity index (χ4n) is 4.47. The molecule has 2 aliphatic heterocycles. The summed E-state index contributed by atoms with van der Waals surface area (Å²) in [6.07, 6.45) is 2.50. The first-order valence-corrected chi connectivity index (χ1v) is 12.5. The van der Waals surface area contributed by atoms with E-state index in [9.17, 15) is 8.78 Å². The standard InChI is InChI=1S/C25H20F6N2S2/c1-15-13-32(21(34-15)17-9-5-3-6-10-17)19-20(24(28,29)25(30,31)23(19,26)27)33-14-16(2)35-22(33)18-11-7-4-8-12-18/h3-14,21-22H,1-2H3. The Morgan fingerprint density at radius 3 is 1.29 bits per heavy atom. The van der Waals surface area contributed by atoms with E-state index >= 15 is 17.6 Å². The molecule has 35 heavy (non-hydrogen) atoms. The molecule has 0 saturated carbocycles. The Hall–Kier alpha value is -2.46. The van der Waals surface area contributed by atoms with E-state index in [1.165, 1.54) is 12.4 Å². The second kappa shape index (κ2) is 8.30. The monoisotopic (exact) mass is 526 g/mol. The molecule has 2 aromatic carbocycles. The highest BCUT2D eigenvalue weighted by Crippen LogP contribution is 2.65. The summed E-state index contributed by atoms with van der Waals surface area (Å²) in [7, 11) is 0. The average Bonchev–Trinajstić information content (AvgIpc) is 3.42. The minimum Gasteiger partial charge on any atom is -0.327 e. The van der Waals surface area contributed by atoms with Gasteiger partial charge in [0.2, 0.25) is 0 Å². The Morgan fingerprint density at radius 2 is 0.943 bits per heavy atom. The molecule has 10 heteroatoms. The molecule has 5 rings (SSSR count). The summed E-state index contributed by atoms with van der Waals surface area (Å²) in [5.74, 6) is -15.8. The van der Waals surface area contributed by atoms with Crippen LogP contribution in [0, 0.1) is 0 Å². The van der Waals surface area contributed by atoms with Gasteiger partial charge in [0.1, 0.15) is 22.1 Å². The summed E-state index contributed by atoms with van der Waals surface area (Å²) in [6, 6.07) is 16.8. The van der Waals surface area contributed by atoms with E-state index in [-0.39, 0.29) is 0 Å². The topological polar surface area (TPSA) is 6.48 Å². The molecule has 2 atom stereocenters. The van der Waals surface area contributed by atoms with Crippen LogP contribution in [0.1, 0.15) is 35.7 Å². The second-order valence-corrected chi connectivity index (χ2v) is 11.1. The summed E-state index contributed by atoms with van der Waals surface area (Å²) in [4.78, 5) is 2.88. The van der Waals surface area contributed by atoms with Crippen LogP contribution < -0.4 is 0 Å². The van der Waals surface area contributed by atoms with Crippen LogP contribution in [0.2, 0.25) is 0 Å². The van der Waals surface area contributed by atoms with E-state index in [4.69, 9.17) is 0 Å². The van der Waals surface area contributed by atoms with Gasteiger partial charge in [0.15, 0.2) is 0 Å². The largest absolute Gasteiger partial charge is 0.383 e. The van der Waals surface area contributed by atoms with Crippen molar-refractivity contribution in [3.63, 3.8) is 0 Å². The van der Waals surface area contributed by atoms with Gasteiger partial charge in [-0.1, -0.05) is 84.2 Å². The van der Waals surface area contributed by atoms with Crippen molar-refractivity contribution in [2.45, 2.75) is 42.4 Å². The number of hydrogen-bond acceptors (Lipinski definition) is 4. The molecule has 2 aromatic rings. The van der Waals surface area contributed by atoms with Gasteiger partial charge in [-0.3, -0.25) is 0 Å². The van der Waals surface area contributed by atoms with Gasteiger partial charge in [0, 0.05) is 22.2 Å². The highest BCUT2D eigenvalue weighted by atomic mass is 32.2. The number of hydrogen-bond donors (Lipinski definition) is 0. The molecule has 0 radical (unpaired) electrons. The van der Waals surface area contributed by atoms with Crippen LogP contribution in [-0.2, 0) is 0 Å². The molecule has 0 fully saturated rings. The van der Waals surface area contributed by atoms with E-state index < -0.39 is 39.9 Å². The lowest BCUT2D eigenvalue weighted by atomic mass is 10.1. The zero-order valence-corrected chi connectivity index (χ0v) is 20.2. The van der Waals surface area contributed by atoms with Gasteiger partial charge in [-0.2, -0.15) is 26.3 Å². The molecule has 2 heterocycles. The SMILES string of the molecule is CC1=CN(C2=C(N3C=C(C)SC3c3ccccc3)C(F)(F)C(F)(F)C2(F)F)C(c2ccccc2)S1. The van der Waals surface area contributed by atoms with Crippen LogP contribution in [0.3, 0.4) is 0 Å².